The maximum absolute atomic E-state index is 13.8. The third kappa shape index (κ3) is 4.66. The lowest BCUT2D eigenvalue weighted by Gasteiger charge is -2.15. The summed E-state index contributed by atoms with van der Waals surface area (Å²) in [4.78, 5) is 21.1. The van der Waals surface area contributed by atoms with E-state index in [0.29, 0.717) is 29.1 Å². The maximum atomic E-state index is 13.8. The Morgan fingerprint density at radius 1 is 1.03 bits per heavy atom. The molecule has 0 unspecified atom stereocenters. The Balaban J connectivity index is 1.48. The quantitative estimate of drug-likeness (QED) is 0.490. The van der Waals surface area contributed by atoms with E-state index in [9.17, 15) is 18.0 Å². The molecule has 2 heterocycles. The zero-order valence-corrected chi connectivity index (χ0v) is 17.0. The van der Waals surface area contributed by atoms with Crippen LogP contribution in [0.1, 0.15) is 17.3 Å². The van der Waals surface area contributed by atoms with Crippen LogP contribution < -0.4 is 5.32 Å². The molecule has 1 amide bonds. The van der Waals surface area contributed by atoms with E-state index in [-0.39, 0.29) is 11.6 Å². The lowest BCUT2D eigenvalue weighted by molar-refractivity contribution is 0.0936. The second kappa shape index (κ2) is 9.01. The minimum absolute atomic E-state index is 0.117. The van der Waals surface area contributed by atoms with Crippen molar-refractivity contribution in [3.8, 4) is 22.5 Å². The molecule has 0 saturated carbocycles. The first kappa shape index (κ1) is 21.2. The lowest BCUT2D eigenvalue weighted by Crippen LogP contribution is -2.36. The lowest BCUT2D eigenvalue weighted by atomic mass is 10.1. The molecule has 0 aliphatic carbocycles. The van der Waals surface area contributed by atoms with E-state index in [1.165, 1.54) is 36.8 Å². The van der Waals surface area contributed by atoms with Crippen LogP contribution in [0, 0.1) is 17.5 Å². The van der Waals surface area contributed by atoms with Crippen LogP contribution in [0.2, 0.25) is 0 Å². The zero-order chi connectivity index (χ0) is 22.7. The van der Waals surface area contributed by atoms with Crippen LogP contribution >= 0.6 is 0 Å². The van der Waals surface area contributed by atoms with Gasteiger partial charge in [0.1, 0.15) is 5.82 Å². The SMILES string of the molecule is C[C@@H](Cn1cc(-c2ccc(F)c(F)c2)cn1)NC(=O)c1cc(F)ccc1-c1ncccn1. The predicted molar refractivity (Wildman–Crippen MR) is 112 cm³/mol. The van der Waals surface area contributed by atoms with E-state index in [1.54, 1.807) is 23.9 Å². The average molecular weight is 437 g/mol. The molecule has 4 rings (SSSR count). The van der Waals surface area contributed by atoms with Crippen LogP contribution in [0.25, 0.3) is 22.5 Å². The zero-order valence-electron chi connectivity index (χ0n) is 17.0. The highest BCUT2D eigenvalue weighted by Gasteiger charge is 2.18. The fourth-order valence-electron chi connectivity index (χ4n) is 3.25. The Bertz CT molecular complexity index is 1260. The van der Waals surface area contributed by atoms with Gasteiger partial charge in [-0.25, -0.2) is 23.1 Å². The third-order valence-electron chi connectivity index (χ3n) is 4.76. The summed E-state index contributed by atoms with van der Waals surface area (Å²) in [5.74, 6) is -2.58. The molecule has 1 atom stereocenters. The third-order valence-corrected chi connectivity index (χ3v) is 4.76. The number of rotatable bonds is 6. The normalized spacial score (nSPS) is 11.9. The maximum Gasteiger partial charge on any atom is 0.252 e. The molecule has 9 heteroatoms. The smallest absolute Gasteiger partial charge is 0.252 e. The number of nitrogens with one attached hydrogen (secondary N) is 1. The Kier molecular flexibility index (Phi) is 5.98. The second-order valence-corrected chi connectivity index (χ2v) is 7.22. The van der Waals surface area contributed by atoms with Crippen molar-refractivity contribution in [2.75, 3.05) is 0 Å². The molecular formula is C23H18F3N5O. The number of carbonyl (C=O) groups is 1. The van der Waals surface area contributed by atoms with E-state index in [4.69, 9.17) is 0 Å². The standard InChI is InChI=1S/C23H18F3N5O/c1-14(12-31-13-16(11-29-31)15-3-6-20(25)21(26)9-15)30-23(32)19-10-17(24)4-5-18(19)22-27-7-2-8-28-22/h2-11,13-14H,12H2,1H3,(H,30,32)/t14-/m0/s1. The van der Waals surface area contributed by atoms with Crippen LogP contribution in [-0.2, 0) is 6.54 Å². The number of carbonyl (C=O) groups excluding carboxylic acids is 1. The van der Waals surface area contributed by atoms with Crippen molar-refractivity contribution in [2.24, 2.45) is 0 Å². The van der Waals surface area contributed by atoms with Crippen LogP contribution in [0.4, 0.5) is 13.2 Å². The van der Waals surface area contributed by atoms with E-state index in [0.717, 1.165) is 18.2 Å². The van der Waals surface area contributed by atoms with E-state index < -0.39 is 23.4 Å². The minimum atomic E-state index is -0.941. The molecule has 0 radical (unpaired) electrons. The summed E-state index contributed by atoms with van der Waals surface area (Å²) in [7, 11) is 0. The molecule has 0 fully saturated rings. The van der Waals surface area contributed by atoms with Crippen molar-refractivity contribution in [1.82, 2.24) is 25.1 Å². The molecule has 0 saturated heterocycles. The van der Waals surface area contributed by atoms with Gasteiger partial charge >= 0.3 is 0 Å². The van der Waals surface area contributed by atoms with Crippen LogP contribution in [-0.4, -0.2) is 31.7 Å². The van der Waals surface area contributed by atoms with Gasteiger partial charge in [-0.05, 0) is 48.9 Å². The van der Waals surface area contributed by atoms with E-state index >= 15 is 0 Å². The van der Waals surface area contributed by atoms with Gasteiger partial charge in [-0.1, -0.05) is 6.07 Å². The molecule has 2 aromatic heterocycles. The van der Waals surface area contributed by atoms with Crippen molar-refractivity contribution in [3.05, 3.63) is 90.3 Å². The first-order chi connectivity index (χ1) is 15.4. The molecule has 1 N–H and O–H groups in total. The van der Waals surface area contributed by atoms with Crippen LogP contribution in [0.3, 0.4) is 0 Å². The van der Waals surface area contributed by atoms with Crippen molar-refractivity contribution in [3.63, 3.8) is 0 Å². The first-order valence-corrected chi connectivity index (χ1v) is 9.76. The van der Waals surface area contributed by atoms with Gasteiger partial charge in [-0.3, -0.25) is 9.48 Å². The summed E-state index contributed by atoms with van der Waals surface area (Å²) in [5.41, 5.74) is 1.62. The van der Waals surface area contributed by atoms with Crippen molar-refractivity contribution in [1.29, 1.82) is 0 Å². The molecule has 162 valence electrons. The fraction of sp³-hybridized carbons (Fsp3) is 0.130. The Labute approximate surface area is 181 Å². The molecular weight excluding hydrogens is 419 g/mol. The number of hydrogen-bond acceptors (Lipinski definition) is 4. The minimum Gasteiger partial charge on any atom is -0.348 e. The molecule has 0 spiro atoms. The Morgan fingerprint density at radius 3 is 2.56 bits per heavy atom. The summed E-state index contributed by atoms with van der Waals surface area (Å²) < 4.78 is 42.0. The Morgan fingerprint density at radius 2 is 1.81 bits per heavy atom. The van der Waals surface area contributed by atoms with Gasteiger partial charge in [0, 0.05) is 35.8 Å². The number of aromatic nitrogens is 4. The number of amides is 1. The van der Waals surface area contributed by atoms with Gasteiger partial charge < -0.3 is 5.32 Å². The largest absolute Gasteiger partial charge is 0.348 e. The molecule has 0 aliphatic heterocycles. The fourth-order valence-corrected chi connectivity index (χ4v) is 3.25. The molecule has 4 aromatic rings. The summed E-state index contributed by atoms with van der Waals surface area (Å²) in [6, 6.07) is 8.74. The highest BCUT2D eigenvalue weighted by atomic mass is 19.2. The van der Waals surface area contributed by atoms with Gasteiger partial charge in [-0.15, -0.1) is 0 Å². The van der Waals surface area contributed by atoms with Crippen molar-refractivity contribution in [2.45, 2.75) is 19.5 Å². The van der Waals surface area contributed by atoms with Crippen molar-refractivity contribution >= 4 is 5.91 Å². The number of hydrogen-bond donors (Lipinski definition) is 1. The molecule has 2 aromatic carbocycles. The van der Waals surface area contributed by atoms with Gasteiger partial charge in [0.15, 0.2) is 17.5 Å². The van der Waals surface area contributed by atoms with Gasteiger partial charge in [0.2, 0.25) is 0 Å². The van der Waals surface area contributed by atoms with Crippen LogP contribution in [0.5, 0.6) is 0 Å². The predicted octanol–water partition coefficient (Wildman–Crippen LogP) is 4.24. The average Bonchev–Trinajstić information content (AvgIpc) is 3.24. The summed E-state index contributed by atoms with van der Waals surface area (Å²) in [6.45, 7) is 2.08. The van der Waals surface area contributed by atoms with Crippen molar-refractivity contribution < 1.29 is 18.0 Å². The number of benzene rings is 2. The van der Waals surface area contributed by atoms with E-state index in [2.05, 4.69) is 20.4 Å². The van der Waals surface area contributed by atoms with Gasteiger partial charge in [-0.2, -0.15) is 5.10 Å². The highest BCUT2D eigenvalue weighted by molar-refractivity contribution is 6.00. The monoisotopic (exact) mass is 437 g/mol. The number of nitrogens with zero attached hydrogens (tertiary/aromatic N) is 4. The van der Waals surface area contributed by atoms with Crippen LogP contribution in [0.15, 0.2) is 67.3 Å². The molecule has 6 nitrogen and oxygen atoms in total. The Hall–Kier alpha value is -4.01. The molecule has 32 heavy (non-hydrogen) atoms. The first-order valence-electron chi connectivity index (χ1n) is 9.76. The molecule has 0 bridgehead atoms. The molecule has 0 aliphatic rings. The summed E-state index contributed by atoms with van der Waals surface area (Å²) in [5, 5.41) is 7.03. The summed E-state index contributed by atoms with van der Waals surface area (Å²) in [6.07, 6.45) is 6.27. The topological polar surface area (TPSA) is 72.7 Å². The second-order valence-electron chi connectivity index (χ2n) is 7.22. The summed E-state index contributed by atoms with van der Waals surface area (Å²) >= 11 is 0. The highest BCUT2D eigenvalue weighted by Crippen LogP contribution is 2.22. The van der Waals surface area contributed by atoms with Gasteiger partial charge in [0.25, 0.3) is 5.91 Å². The van der Waals surface area contributed by atoms with E-state index in [1.807, 2.05) is 0 Å². The number of halogens is 3. The van der Waals surface area contributed by atoms with Gasteiger partial charge in [0.05, 0.1) is 18.3 Å².